The lowest BCUT2D eigenvalue weighted by Gasteiger charge is -2.13. The smallest absolute Gasteiger partial charge is 0.303 e. The molecular formula is C24H24N4O5. The number of aromatic hydroxyl groups is 1. The number of phenols is 1. The fourth-order valence-corrected chi connectivity index (χ4v) is 3.84. The molecule has 0 radical (unpaired) electrons. The normalized spacial score (nSPS) is 16.0. The Morgan fingerprint density at radius 1 is 1.30 bits per heavy atom. The zero-order valence-electron chi connectivity index (χ0n) is 18.3. The number of phenolic OH excluding ortho intramolecular Hbond substituents is 1. The van der Waals surface area contributed by atoms with E-state index in [4.69, 9.17) is 9.84 Å². The highest BCUT2D eigenvalue weighted by Crippen LogP contribution is 2.41. The van der Waals surface area contributed by atoms with Crippen LogP contribution >= 0.6 is 0 Å². The van der Waals surface area contributed by atoms with E-state index >= 15 is 0 Å². The predicted octanol–water partition coefficient (Wildman–Crippen LogP) is 3.35. The maximum absolute atomic E-state index is 12.6. The molecule has 1 aliphatic heterocycles. The van der Waals surface area contributed by atoms with E-state index in [9.17, 15) is 14.7 Å². The predicted molar refractivity (Wildman–Crippen MR) is 125 cm³/mol. The van der Waals surface area contributed by atoms with Crippen LogP contribution in [0.2, 0.25) is 0 Å². The first kappa shape index (κ1) is 22.1. The maximum atomic E-state index is 12.6. The third kappa shape index (κ3) is 4.57. The number of benzene rings is 2. The number of nitrogens with zero attached hydrogens (tertiary/aromatic N) is 3. The van der Waals surface area contributed by atoms with Gasteiger partial charge in [0.2, 0.25) is 0 Å². The largest absolute Gasteiger partial charge is 0.505 e. The number of carbonyl (C=O) groups excluding carboxylic acids is 1. The van der Waals surface area contributed by atoms with Gasteiger partial charge in [0.25, 0.3) is 5.91 Å². The standard InChI is InChI=1S/C24H24N4O5/c1-14-22(24(32)28(27-14)9-5-8-21(29)30)26-25-20-13-18(33-2)12-19(23(20)31)17-10-15-6-3-4-7-16(15)11-17/h3-4,6-7,10,12-13,25,31H,5,8-9,11H2,1-2H3,(H,29,30)/b26-22-. The molecule has 170 valence electrons. The first-order chi connectivity index (χ1) is 15.9. The monoisotopic (exact) mass is 448 g/mol. The number of carboxylic acids is 1. The van der Waals surface area contributed by atoms with Crippen molar-refractivity contribution in [1.82, 2.24) is 5.01 Å². The summed E-state index contributed by atoms with van der Waals surface area (Å²) in [5, 5.41) is 29.3. The first-order valence-corrected chi connectivity index (χ1v) is 10.5. The van der Waals surface area contributed by atoms with Crippen molar-refractivity contribution in [1.29, 1.82) is 0 Å². The number of carbonyl (C=O) groups is 2. The molecule has 0 fully saturated rings. The topological polar surface area (TPSA) is 124 Å². The van der Waals surface area contributed by atoms with Gasteiger partial charge in [-0.1, -0.05) is 30.3 Å². The van der Waals surface area contributed by atoms with Crippen LogP contribution in [0.1, 0.15) is 36.5 Å². The van der Waals surface area contributed by atoms with Gasteiger partial charge < -0.3 is 14.9 Å². The van der Waals surface area contributed by atoms with Crippen LogP contribution in [0, 0.1) is 0 Å². The van der Waals surface area contributed by atoms with Gasteiger partial charge in [-0.2, -0.15) is 10.2 Å². The summed E-state index contributed by atoms with van der Waals surface area (Å²) in [5.74, 6) is -0.831. The van der Waals surface area contributed by atoms with Gasteiger partial charge in [0, 0.05) is 24.6 Å². The number of fused-ring (bicyclic) bond motifs is 1. The second-order valence-corrected chi connectivity index (χ2v) is 7.80. The minimum absolute atomic E-state index is 0.00226. The molecule has 2 aromatic carbocycles. The van der Waals surface area contributed by atoms with Crippen LogP contribution < -0.4 is 10.2 Å². The van der Waals surface area contributed by atoms with E-state index in [0.29, 0.717) is 29.1 Å². The Labute approximate surface area is 190 Å². The third-order valence-corrected chi connectivity index (χ3v) is 5.53. The fraction of sp³-hybridized carbons (Fsp3) is 0.250. The number of amides is 1. The summed E-state index contributed by atoms with van der Waals surface area (Å²) in [6.07, 6.45) is 2.95. The molecule has 0 atom stereocenters. The summed E-state index contributed by atoms with van der Waals surface area (Å²) in [6, 6.07) is 11.4. The zero-order valence-corrected chi connectivity index (χ0v) is 18.3. The van der Waals surface area contributed by atoms with Crippen molar-refractivity contribution >= 4 is 40.6 Å². The van der Waals surface area contributed by atoms with Crippen LogP contribution in [0.3, 0.4) is 0 Å². The summed E-state index contributed by atoms with van der Waals surface area (Å²) in [7, 11) is 1.54. The Balaban J connectivity index is 1.56. The number of hydrogen-bond donors (Lipinski definition) is 3. The van der Waals surface area contributed by atoms with E-state index in [0.717, 1.165) is 11.1 Å². The molecule has 0 unspecified atom stereocenters. The number of anilines is 1. The van der Waals surface area contributed by atoms with Crippen LogP contribution in [-0.2, 0) is 16.0 Å². The van der Waals surface area contributed by atoms with Gasteiger partial charge in [0.05, 0.1) is 12.8 Å². The molecule has 33 heavy (non-hydrogen) atoms. The summed E-state index contributed by atoms with van der Waals surface area (Å²) in [5.41, 5.74) is 7.42. The molecule has 4 rings (SSSR count). The number of nitrogens with one attached hydrogen (secondary N) is 1. The lowest BCUT2D eigenvalue weighted by atomic mass is 10.0. The molecule has 9 nitrogen and oxygen atoms in total. The van der Waals surface area contributed by atoms with Crippen molar-refractivity contribution in [3.8, 4) is 11.5 Å². The van der Waals surface area contributed by atoms with E-state index in [1.54, 1.807) is 19.1 Å². The third-order valence-electron chi connectivity index (χ3n) is 5.53. The SMILES string of the molecule is COc1cc(N/N=C2\C(=O)N(CCCC(=O)O)N=C2C)c(O)c(C2=Cc3ccccc3C2)c1. The number of ether oxygens (including phenoxy) is 1. The van der Waals surface area contributed by atoms with E-state index in [1.807, 2.05) is 24.3 Å². The number of hydrazone groups is 2. The van der Waals surface area contributed by atoms with Crippen LogP contribution in [0.5, 0.6) is 11.5 Å². The molecule has 0 spiro atoms. The molecule has 9 heteroatoms. The Hall–Kier alpha value is -4.14. The van der Waals surface area contributed by atoms with Crippen molar-refractivity contribution < 1.29 is 24.5 Å². The molecular weight excluding hydrogens is 424 g/mol. The van der Waals surface area contributed by atoms with Crippen LogP contribution in [0.4, 0.5) is 5.69 Å². The summed E-state index contributed by atoms with van der Waals surface area (Å²) >= 11 is 0. The van der Waals surface area contributed by atoms with E-state index in [-0.39, 0.29) is 30.8 Å². The number of carboxylic acid groups (broad SMARTS) is 1. The average Bonchev–Trinajstić information content (AvgIpc) is 3.33. The van der Waals surface area contributed by atoms with Crippen LogP contribution in [-0.4, -0.2) is 52.2 Å². The molecule has 0 bridgehead atoms. The zero-order chi connectivity index (χ0) is 23.5. The molecule has 2 aromatic rings. The van der Waals surface area contributed by atoms with Gasteiger partial charge in [0.15, 0.2) is 5.71 Å². The molecule has 1 amide bonds. The number of allylic oxidation sites excluding steroid dienone is 1. The summed E-state index contributed by atoms with van der Waals surface area (Å²) in [4.78, 5) is 23.3. The molecule has 1 heterocycles. The molecule has 0 saturated heterocycles. The second-order valence-electron chi connectivity index (χ2n) is 7.80. The summed E-state index contributed by atoms with van der Waals surface area (Å²) in [6.45, 7) is 1.83. The quantitative estimate of drug-likeness (QED) is 0.420. The van der Waals surface area contributed by atoms with E-state index < -0.39 is 11.9 Å². The van der Waals surface area contributed by atoms with Gasteiger partial charge in [-0.3, -0.25) is 15.0 Å². The Bertz CT molecular complexity index is 1220. The minimum atomic E-state index is -0.928. The van der Waals surface area contributed by atoms with Crippen molar-refractivity contribution in [3.63, 3.8) is 0 Å². The van der Waals surface area contributed by atoms with Crippen molar-refractivity contribution in [3.05, 3.63) is 53.1 Å². The van der Waals surface area contributed by atoms with Gasteiger partial charge >= 0.3 is 5.97 Å². The molecule has 0 saturated carbocycles. The van der Waals surface area contributed by atoms with Gasteiger partial charge in [-0.05, 0) is 42.5 Å². The van der Waals surface area contributed by atoms with Gasteiger partial charge in [-0.25, -0.2) is 5.01 Å². The van der Waals surface area contributed by atoms with E-state index in [2.05, 4.69) is 21.7 Å². The fourth-order valence-electron chi connectivity index (χ4n) is 3.84. The number of methoxy groups -OCH3 is 1. The van der Waals surface area contributed by atoms with Crippen molar-refractivity contribution in [2.45, 2.75) is 26.2 Å². The molecule has 3 N–H and O–H groups in total. The Kier molecular flexibility index (Phi) is 6.12. The Morgan fingerprint density at radius 2 is 2.09 bits per heavy atom. The second kappa shape index (κ2) is 9.15. The van der Waals surface area contributed by atoms with E-state index in [1.165, 1.54) is 17.7 Å². The first-order valence-electron chi connectivity index (χ1n) is 10.5. The van der Waals surface area contributed by atoms with Crippen molar-refractivity contribution in [2.24, 2.45) is 10.2 Å². The van der Waals surface area contributed by atoms with Crippen LogP contribution in [0.25, 0.3) is 11.6 Å². The number of rotatable bonds is 8. The van der Waals surface area contributed by atoms with Crippen molar-refractivity contribution in [2.75, 3.05) is 19.1 Å². The Morgan fingerprint density at radius 3 is 2.82 bits per heavy atom. The summed E-state index contributed by atoms with van der Waals surface area (Å²) < 4.78 is 5.41. The van der Waals surface area contributed by atoms with Gasteiger partial charge in [0.1, 0.15) is 17.2 Å². The number of hydrogen-bond acceptors (Lipinski definition) is 7. The number of aliphatic carboxylic acids is 1. The lowest BCUT2D eigenvalue weighted by Crippen LogP contribution is -2.29. The highest BCUT2D eigenvalue weighted by atomic mass is 16.5. The molecule has 0 aromatic heterocycles. The maximum Gasteiger partial charge on any atom is 0.303 e. The van der Waals surface area contributed by atoms with Gasteiger partial charge in [-0.15, -0.1) is 0 Å². The minimum Gasteiger partial charge on any atom is -0.505 e. The average molecular weight is 448 g/mol. The van der Waals surface area contributed by atoms with Crippen LogP contribution in [0.15, 0.2) is 46.6 Å². The highest BCUT2D eigenvalue weighted by molar-refractivity contribution is 6.68. The molecule has 1 aliphatic carbocycles. The molecule has 2 aliphatic rings. The highest BCUT2D eigenvalue weighted by Gasteiger charge is 2.29. The lowest BCUT2D eigenvalue weighted by molar-refractivity contribution is -0.137.